The van der Waals surface area contributed by atoms with E-state index in [4.69, 9.17) is 5.73 Å². The second kappa shape index (κ2) is 8.34. The lowest BCUT2D eigenvalue weighted by molar-refractivity contribution is -0.128. The minimum atomic E-state index is -0.224. The van der Waals surface area contributed by atoms with E-state index in [1.807, 2.05) is 20.8 Å². The summed E-state index contributed by atoms with van der Waals surface area (Å²) < 4.78 is 0. The molecular formula is C17H32ClN3O2. The molecule has 0 aromatic heterocycles. The van der Waals surface area contributed by atoms with E-state index in [9.17, 15) is 9.59 Å². The molecule has 2 amide bonds. The number of amides is 2. The monoisotopic (exact) mass is 345 g/mol. The summed E-state index contributed by atoms with van der Waals surface area (Å²) in [6.07, 6.45) is 5.74. The zero-order chi connectivity index (χ0) is 16.3. The molecule has 2 rings (SSSR count). The molecule has 0 aromatic rings. The molecule has 2 aliphatic carbocycles. The zero-order valence-corrected chi connectivity index (χ0v) is 15.4. The van der Waals surface area contributed by atoms with E-state index in [2.05, 4.69) is 10.6 Å². The van der Waals surface area contributed by atoms with Crippen LogP contribution in [0.25, 0.3) is 0 Å². The first-order valence-electron chi connectivity index (χ1n) is 8.60. The second-order valence-corrected chi connectivity index (χ2v) is 8.04. The van der Waals surface area contributed by atoms with Crippen LogP contribution in [0.15, 0.2) is 0 Å². The molecule has 23 heavy (non-hydrogen) atoms. The van der Waals surface area contributed by atoms with Crippen molar-refractivity contribution in [1.29, 1.82) is 0 Å². The molecule has 0 spiro atoms. The fraction of sp³-hybridized carbons (Fsp3) is 0.882. The third-order valence-electron chi connectivity index (χ3n) is 4.95. The van der Waals surface area contributed by atoms with Crippen LogP contribution in [-0.2, 0) is 9.59 Å². The van der Waals surface area contributed by atoms with Gasteiger partial charge >= 0.3 is 0 Å². The summed E-state index contributed by atoms with van der Waals surface area (Å²) in [4.78, 5) is 24.1. The second-order valence-electron chi connectivity index (χ2n) is 8.04. The summed E-state index contributed by atoms with van der Waals surface area (Å²) in [5.74, 6) is 1.18. The van der Waals surface area contributed by atoms with Gasteiger partial charge in [0, 0.05) is 30.5 Å². The van der Waals surface area contributed by atoms with E-state index in [0.29, 0.717) is 24.8 Å². The van der Waals surface area contributed by atoms with E-state index in [0.717, 1.165) is 25.7 Å². The lowest BCUT2D eigenvalue weighted by Crippen LogP contribution is -2.49. The molecule has 2 unspecified atom stereocenters. The van der Waals surface area contributed by atoms with Crippen molar-refractivity contribution in [3.05, 3.63) is 0 Å². The normalized spacial score (nSPS) is 30.1. The zero-order valence-electron chi connectivity index (χ0n) is 14.6. The molecule has 4 N–H and O–H groups in total. The van der Waals surface area contributed by atoms with Crippen LogP contribution in [0.5, 0.6) is 0 Å². The van der Waals surface area contributed by atoms with E-state index in [1.165, 1.54) is 6.42 Å². The standard InChI is InChI=1S/C17H31N3O2.ClH/c1-17(2,3)20-14(21)7-8-19-16(22)13-9-11-5-4-6-12(10-13)15(11)18;/h11-13,15H,4-10,18H2,1-3H3,(H,19,22)(H,20,21);1H. The minimum Gasteiger partial charge on any atom is -0.355 e. The number of rotatable bonds is 4. The summed E-state index contributed by atoms with van der Waals surface area (Å²) >= 11 is 0. The average molecular weight is 346 g/mol. The molecule has 2 aliphatic rings. The molecule has 6 heteroatoms. The van der Waals surface area contributed by atoms with Gasteiger partial charge in [0.05, 0.1) is 0 Å². The number of carbonyl (C=O) groups is 2. The Labute approximate surface area is 145 Å². The molecule has 5 nitrogen and oxygen atoms in total. The van der Waals surface area contributed by atoms with E-state index in [-0.39, 0.29) is 41.7 Å². The van der Waals surface area contributed by atoms with Gasteiger partial charge in [-0.05, 0) is 58.3 Å². The largest absolute Gasteiger partial charge is 0.355 e. The van der Waals surface area contributed by atoms with Crippen molar-refractivity contribution in [2.45, 2.75) is 70.9 Å². The molecule has 2 atom stereocenters. The first-order valence-corrected chi connectivity index (χ1v) is 8.60. The lowest BCUT2D eigenvalue weighted by Gasteiger charge is -2.43. The third kappa shape index (κ3) is 5.96. The van der Waals surface area contributed by atoms with Crippen LogP contribution in [0, 0.1) is 17.8 Å². The molecule has 0 heterocycles. The highest BCUT2D eigenvalue weighted by atomic mass is 35.5. The summed E-state index contributed by atoms with van der Waals surface area (Å²) in [5.41, 5.74) is 6.04. The predicted octanol–water partition coefficient (Wildman–Crippen LogP) is 1.98. The van der Waals surface area contributed by atoms with Crippen molar-refractivity contribution in [3.63, 3.8) is 0 Å². The number of fused-ring (bicyclic) bond motifs is 2. The van der Waals surface area contributed by atoms with Crippen molar-refractivity contribution < 1.29 is 9.59 Å². The highest BCUT2D eigenvalue weighted by molar-refractivity contribution is 5.85. The molecule has 2 saturated carbocycles. The maximum atomic E-state index is 12.3. The highest BCUT2D eigenvalue weighted by Crippen LogP contribution is 2.41. The molecule has 2 fully saturated rings. The molecule has 134 valence electrons. The average Bonchev–Trinajstić information content (AvgIpc) is 2.35. The van der Waals surface area contributed by atoms with Gasteiger partial charge in [-0.15, -0.1) is 12.4 Å². The van der Waals surface area contributed by atoms with Gasteiger partial charge in [-0.1, -0.05) is 6.42 Å². The number of carbonyl (C=O) groups excluding carboxylic acids is 2. The molecule has 0 aliphatic heterocycles. The molecule has 0 aromatic carbocycles. The van der Waals surface area contributed by atoms with E-state index in [1.54, 1.807) is 0 Å². The van der Waals surface area contributed by atoms with Gasteiger partial charge in [-0.2, -0.15) is 0 Å². The first kappa shape index (κ1) is 20.2. The number of halogens is 1. The van der Waals surface area contributed by atoms with Crippen LogP contribution in [0.1, 0.15) is 59.3 Å². The molecular weight excluding hydrogens is 314 g/mol. The summed E-state index contributed by atoms with van der Waals surface area (Å²) in [5, 5.41) is 5.84. The van der Waals surface area contributed by atoms with Crippen molar-refractivity contribution in [2.24, 2.45) is 23.5 Å². The van der Waals surface area contributed by atoms with Crippen LogP contribution in [-0.4, -0.2) is 29.9 Å². The number of nitrogens with two attached hydrogens (primary N) is 1. The van der Waals surface area contributed by atoms with E-state index < -0.39 is 0 Å². The van der Waals surface area contributed by atoms with Gasteiger partial charge in [0.1, 0.15) is 0 Å². The number of hydrogen-bond donors (Lipinski definition) is 3. The summed E-state index contributed by atoms with van der Waals surface area (Å²) in [6, 6.07) is 0.287. The van der Waals surface area contributed by atoms with Gasteiger partial charge < -0.3 is 16.4 Å². The molecule has 0 radical (unpaired) electrons. The smallest absolute Gasteiger partial charge is 0.223 e. The Hall–Kier alpha value is -0.810. The van der Waals surface area contributed by atoms with Gasteiger partial charge in [0.15, 0.2) is 0 Å². The fourth-order valence-corrected chi connectivity index (χ4v) is 3.93. The molecule has 0 saturated heterocycles. The third-order valence-corrected chi connectivity index (χ3v) is 4.95. The Bertz CT molecular complexity index is 409. The quantitative estimate of drug-likeness (QED) is 0.728. The van der Waals surface area contributed by atoms with Crippen LogP contribution < -0.4 is 16.4 Å². The van der Waals surface area contributed by atoms with Gasteiger partial charge in [-0.3, -0.25) is 9.59 Å². The Kier molecular flexibility index (Phi) is 7.33. The number of hydrogen-bond acceptors (Lipinski definition) is 3. The summed E-state index contributed by atoms with van der Waals surface area (Å²) in [6.45, 7) is 6.27. The Morgan fingerprint density at radius 3 is 2.22 bits per heavy atom. The lowest BCUT2D eigenvalue weighted by atomic mass is 9.65. The predicted molar refractivity (Wildman–Crippen MR) is 94.3 cm³/mol. The topological polar surface area (TPSA) is 84.2 Å². The van der Waals surface area contributed by atoms with Gasteiger partial charge in [0.25, 0.3) is 0 Å². The van der Waals surface area contributed by atoms with Crippen LogP contribution >= 0.6 is 12.4 Å². The minimum absolute atomic E-state index is 0. The van der Waals surface area contributed by atoms with Gasteiger partial charge in [0.2, 0.25) is 11.8 Å². The van der Waals surface area contributed by atoms with E-state index >= 15 is 0 Å². The fourth-order valence-electron chi connectivity index (χ4n) is 3.93. The highest BCUT2D eigenvalue weighted by Gasteiger charge is 2.40. The Morgan fingerprint density at radius 2 is 1.70 bits per heavy atom. The maximum absolute atomic E-state index is 12.3. The Morgan fingerprint density at radius 1 is 1.13 bits per heavy atom. The number of nitrogens with one attached hydrogen (secondary N) is 2. The van der Waals surface area contributed by atoms with Crippen molar-refractivity contribution in [1.82, 2.24) is 10.6 Å². The molecule has 2 bridgehead atoms. The summed E-state index contributed by atoms with van der Waals surface area (Å²) in [7, 11) is 0. The first-order chi connectivity index (χ1) is 10.3. The SMILES string of the molecule is CC(C)(C)NC(=O)CCNC(=O)C1CC2CCCC(C1)C2N.Cl. The van der Waals surface area contributed by atoms with Crippen LogP contribution in [0.4, 0.5) is 0 Å². The maximum Gasteiger partial charge on any atom is 0.223 e. The van der Waals surface area contributed by atoms with Crippen molar-refractivity contribution in [3.8, 4) is 0 Å². The van der Waals surface area contributed by atoms with Gasteiger partial charge in [-0.25, -0.2) is 0 Å². The van der Waals surface area contributed by atoms with Crippen molar-refractivity contribution in [2.75, 3.05) is 6.54 Å². The van der Waals surface area contributed by atoms with Crippen LogP contribution in [0.3, 0.4) is 0 Å². The van der Waals surface area contributed by atoms with Crippen molar-refractivity contribution >= 4 is 24.2 Å². The van der Waals surface area contributed by atoms with Crippen LogP contribution in [0.2, 0.25) is 0 Å². The Balaban J connectivity index is 0.00000264.